The minimum atomic E-state index is -4.23. The molecule has 3 aromatic carbocycles. The summed E-state index contributed by atoms with van der Waals surface area (Å²) in [5.74, 6) is -3.80. The van der Waals surface area contributed by atoms with Crippen LogP contribution >= 0.6 is 23.2 Å². The molecule has 1 atom stereocenters. The second-order valence-corrected chi connectivity index (χ2v) is 13.4. The molecule has 0 spiro atoms. The molecule has 0 saturated heterocycles. The Bertz CT molecular complexity index is 2070. The number of sulfone groups is 1. The van der Waals surface area contributed by atoms with E-state index in [0.29, 0.717) is 11.3 Å². The number of nitrogens with one attached hydrogen (secondary N) is 2. The number of phenolic OH excluding ortho intramolecular Hbond substituents is 1. The molecule has 1 aliphatic rings. The number of benzene rings is 3. The van der Waals surface area contributed by atoms with Gasteiger partial charge in [0.15, 0.2) is 9.84 Å². The van der Waals surface area contributed by atoms with Crippen molar-refractivity contribution >= 4 is 79.3 Å². The Balaban J connectivity index is 1.55. The van der Waals surface area contributed by atoms with E-state index in [-0.39, 0.29) is 49.6 Å². The second kappa shape index (κ2) is 13.4. The number of aromatic hydroxyl groups is 1. The molecule has 14 heteroatoms. The molecule has 5 rings (SSSR count). The van der Waals surface area contributed by atoms with Gasteiger partial charge in [0.1, 0.15) is 11.0 Å². The molecule has 4 aromatic rings. The number of hydrogen-bond donors (Lipinski definition) is 3. The van der Waals surface area contributed by atoms with E-state index < -0.39 is 44.5 Å². The minimum Gasteiger partial charge on any atom is -0.506 e. The fraction of sp³-hybridized carbons (Fsp3) is 0.121. The topological polar surface area (TPSA) is 163 Å². The molecule has 47 heavy (non-hydrogen) atoms. The summed E-state index contributed by atoms with van der Waals surface area (Å²) in [6.45, 7) is 3.19. The molecule has 3 N–H and O–H groups in total. The number of carbonyl (C=O) groups excluding carboxylic acids is 4. The Morgan fingerprint density at radius 3 is 2.30 bits per heavy atom. The predicted molar refractivity (Wildman–Crippen MR) is 178 cm³/mol. The molecule has 0 saturated carbocycles. The van der Waals surface area contributed by atoms with Gasteiger partial charge in [0, 0.05) is 29.6 Å². The first-order chi connectivity index (χ1) is 22.3. The standard InChI is InChI=1S/C33H26Cl2N4O7S/c1-3-29(47(45,46)21-11-9-18(2)36-17-21)32(43)37-25-16-28(40)26(38-31(42)20-10-12-23(34)24(35)13-20)15-27(25)39-30(41)14-22(33(39)44)19-7-5-4-6-8-19/h4-17,29,40H,3H2,1-2H3,(H,37,43)(H,38,42). The van der Waals surface area contributed by atoms with Crippen LogP contribution in [0.4, 0.5) is 17.1 Å². The van der Waals surface area contributed by atoms with Crippen molar-refractivity contribution in [1.29, 1.82) is 0 Å². The number of pyridine rings is 1. The van der Waals surface area contributed by atoms with E-state index in [1.165, 1.54) is 37.3 Å². The van der Waals surface area contributed by atoms with Crippen LogP contribution in [-0.4, -0.2) is 47.4 Å². The normalized spacial score (nSPS) is 13.7. The first-order valence-electron chi connectivity index (χ1n) is 14.1. The van der Waals surface area contributed by atoms with Crippen LogP contribution in [0.25, 0.3) is 5.57 Å². The fourth-order valence-electron chi connectivity index (χ4n) is 4.86. The first kappa shape index (κ1) is 33.3. The molecular weight excluding hydrogens is 667 g/mol. The van der Waals surface area contributed by atoms with Crippen molar-refractivity contribution in [3.63, 3.8) is 0 Å². The van der Waals surface area contributed by atoms with Crippen LogP contribution in [-0.2, 0) is 24.2 Å². The van der Waals surface area contributed by atoms with Crippen LogP contribution in [0, 0.1) is 6.92 Å². The molecule has 1 aliphatic heterocycles. The maximum Gasteiger partial charge on any atom is 0.266 e. The van der Waals surface area contributed by atoms with E-state index in [2.05, 4.69) is 15.6 Å². The van der Waals surface area contributed by atoms with Gasteiger partial charge in [-0.2, -0.15) is 0 Å². The number of halogens is 2. The Labute approximate surface area is 279 Å². The van der Waals surface area contributed by atoms with Crippen LogP contribution in [0.5, 0.6) is 5.75 Å². The van der Waals surface area contributed by atoms with Crippen molar-refractivity contribution in [2.24, 2.45) is 0 Å². The second-order valence-electron chi connectivity index (χ2n) is 10.4. The van der Waals surface area contributed by atoms with E-state index in [4.69, 9.17) is 23.2 Å². The number of anilines is 3. The van der Waals surface area contributed by atoms with Gasteiger partial charge in [0.2, 0.25) is 5.91 Å². The lowest BCUT2D eigenvalue weighted by Crippen LogP contribution is -2.36. The Kier molecular flexibility index (Phi) is 9.48. The quantitative estimate of drug-likeness (QED) is 0.146. The van der Waals surface area contributed by atoms with Crippen LogP contribution in [0.15, 0.2) is 90.0 Å². The number of nitrogens with zero attached hydrogens (tertiary/aromatic N) is 2. The van der Waals surface area contributed by atoms with Crippen LogP contribution in [0.3, 0.4) is 0 Å². The number of carbonyl (C=O) groups is 4. The third-order valence-electron chi connectivity index (χ3n) is 7.30. The third-order valence-corrected chi connectivity index (χ3v) is 10.2. The van der Waals surface area contributed by atoms with Crippen LogP contribution < -0.4 is 15.5 Å². The van der Waals surface area contributed by atoms with E-state index in [1.54, 1.807) is 37.3 Å². The molecule has 240 valence electrons. The predicted octanol–water partition coefficient (Wildman–Crippen LogP) is 5.80. The van der Waals surface area contributed by atoms with Gasteiger partial charge < -0.3 is 15.7 Å². The number of aromatic nitrogens is 1. The molecule has 0 bridgehead atoms. The van der Waals surface area contributed by atoms with Gasteiger partial charge in [0.05, 0.1) is 37.6 Å². The number of phenols is 1. The zero-order valence-corrected chi connectivity index (χ0v) is 27.2. The van der Waals surface area contributed by atoms with Crippen molar-refractivity contribution < 1.29 is 32.7 Å². The maximum atomic E-state index is 13.7. The number of aryl methyl sites for hydroxylation is 1. The Morgan fingerprint density at radius 2 is 1.66 bits per heavy atom. The van der Waals surface area contributed by atoms with Gasteiger partial charge in [-0.15, -0.1) is 0 Å². The highest BCUT2D eigenvalue weighted by Crippen LogP contribution is 2.40. The van der Waals surface area contributed by atoms with E-state index >= 15 is 0 Å². The largest absolute Gasteiger partial charge is 0.506 e. The lowest BCUT2D eigenvalue weighted by Gasteiger charge is -2.23. The van der Waals surface area contributed by atoms with Gasteiger partial charge in [-0.1, -0.05) is 60.5 Å². The van der Waals surface area contributed by atoms with E-state index in [9.17, 15) is 32.7 Å². The van der Waals surface area contributed by atoms with Gasteiger partial charge in [-0.25, -0.2) is 13.3 Å². The summed E-state index contributed by atoms with van der Waals surface area (Å²) < 4.78 is 26.9. The summed E-state index contributed by atoms with van der Waals surface area (Å²) in [6.07, 6.45) is 2.14. The van der Waals surface area contributed by atoms with Gasteiger partial charge >= 0.3 is 0 Å². The number of amides is 4. The molecule has 11 nitrogen and oxygen atoms in total. The number of hydrogen-bond acceptors (Lipinski definition) is 8. The van der Waals surface area contributed by atoms with E-state index in [1.807, 2.05) is 0 Å². The zero-order chi connectivity index (χ0) is 34.0. The minimum absolute atomic E-state index is 0.0585. The van der Waals surface area contributed by atoms with Crippen LogP contribution in [0.2, 0.25) is 10.0 Å². The molecular formula is C33H26Cl2N4O7S. The fourth-order valence-corrected chi connectivity index (χ4v) is 6.73. The summed E-state index contributed by atoms with van der Waals surface area (Å²) >= 11 is 12.0. The van der Waals surface area contributed by atoms with Gasteiger partial charge in [-0.3, -0.25) is 24.2 Å². The average molecular weight is 694 g/mol. The number of rotatable bonds is 9. The molecule has 0 radical (unpaired) electrons. The molecule has 2 heterocycles. The molecule has 0 aliphatic carbocycles. The summed E-state index contributed by atoms with van der Waals surface area (Å²) in [7, 11) is -4.23. The highest BCUT2D eigenvalue weighted by molar-refractivity contribution is 7.92. The average Bonchev–Trinajstić information content (AvgIpc) is 3.33. The summed E-state index contributed by atoms with van der Waals surface area (Å²) in [4.78, 5) is 58.2. The van der Waals surface area contributed by atoms with Crippen molar-refractivity contribution in [3.05, 3.63) is 112 Å². The highest BCUT2D eigenvalue weighted by atomic mass is 35.5. The first-order valence-corrected chi connectivity index (χ1v) is 16.4. The monoisotopic (exact) mass is 692 g/mol. The number of imide groups is 1. The lowest BCUT2D eigenvalue weighted by atomic mass is 10.1. The van der Waals surface area contributed by atoms with Crippen molar-refractivity contribution in [3.8, 4) is 5.75 Å². The summed E-state index contributed by atoms with van der Waals surface area (Å²) in [6, 6.07) is 17.5. The highest BCUT2D eigenvalue weighted by Gasteiger charge is 2.37. The van der Waals surface area contributed by atoms with Gasteiger partial charge in [0.25, 0.3) is 17.7 Å². The van der Waals surface area contributed by atoms with Gasteiger partial charge in [-0.05, 0) is 55.3 Å². The summed E-state index contributed by atoms with van der Waals surface area (Å²) in [5.41, 5.74) is 0.449. The molecule has 1 unspecified atom stereocenters. The molecule has 4 amide bonds. The zero-order valence-electron chi connectivity index (χ0n) is 24.8. The SMILES string of the molecule is CCC(C(=O)Nc1cc(O)c(NC(=O)c2ccc(Cl)c(Cl)c2)cc1N1C(=O)C=C(c2ccccc2)C1=O)S(=O)(=O)c1ccc(C)nc1. The van der Waals surface area contributed by atoms with Crippen LogP contribution in [0.1, 0.15) is 35.0 Å². The molecule has 1 aromatic heterocycles. The maximum absolute atomic E-state index is 13.7. The van der Waals surface area contributed by atoms with E-state index in [0.717, 1.165) is 29.3 Å². The molecule has 0 fully saturated rings. The Morgan fingerprint density at radius 1 is 0.936 bits per heavy atom. The smallest absolute Gasteiger partial charge is 0.266 e. The lowest BCUT2D eigenvalue weighted by molar-refractivity contribution is -0.120. The summed E-state index contributed by atoms with van der Waals surface area (Å²) in [5, 5.41) is 14.6. The van der Waals surface area contributed by atoms with Crippen molar-refractivity contribution in [2.75, 3.05) is 15.5 Å². The third kappa shape index (κ3) is 6.75. The van der Waals surface area contributed by atoms with Crippen molar-refractivity contribution in [2.45, 2.75) is 30.4 Å². The Hall–Kier alpha value is -5.04. The van der Waals surface area contributed by atoms with Crippen molar-refractivity contribution in [1.82, 2.24) is 4.98 Å².